The van der Waals surface area contributed by atoms with E-state index >= 15 is 0 Å². The molecular weight excluding hydrogens is 262 g/mol. The van der Waals surface area contributed by atoms with Crippen LogP contribution in [0.1, 0.15) is 24.3 Å². The van der Waals surface area contributed by atoms with E-state index in [-0.39, 0.29) is 17.7 Å². The Labute approximate surface area is 117 Å². The summed E-state index contributed by atoms with van der Waals surface area (Å²) in [6.45, 7) is 3.29. The minimum Gasteiger partial charge on any atom is -0.341 e. The van der Waals surface area contributed by atoms with Crippen molar-refractivity contribution in [3.8, 4) is 0 Å². The highest BCUT2D eigenvalue weighted by Crippen LogP contribution is 2.48. The number of carbonyl (C=O) groups excluding carboxylic acids is 1. The second-order valence-electron chi connectivity index (χ2n) is 5.55. The van der Waals surface area contributed by atoms with Gasteiger partial charge < -0.3 is 10.2 Å². The van der Waals surface area contributed by atoms with Crippen LogP contribution in [0.2, 0.25) is 0 Å². The number of nitrogens with one attached hydrogen (secondary N) is 1. The predicted octanol–water partition coefficient (Wildman–Crippen LogP) is 1.89. The van der Waals surface area contributed by atoms with Gasteiger partial charge in [0.05, 0.1) is 0 Å². The van der Waals surface area contributed by atoms with E-state index in [2.05, 4.69) is 5.32 Å². The van der Waals surface area contributed by atoms with Gasteiger partial charge in [-0.1, -0.05) is 6.07 Å². The lowest BCUT2D eigenvalue weighted by Gasteiger charge is -2.20. The van der Waals surface area contributed by atoms with Gasteiger partial charge in [-0.25, -0.2) is 8.78 Å². The molecule has 1 saturated carbocycles. The molecule has 3 rings (SSSR count). The molecule has 2 fully saturated rings. The molecule has 1 amide bonds. The molecule has 1 aromatic rings. The Morgan fingerprint density at radius 3 is 2.85 bits per heavy atom. The molecule has 0 aromatic heterocycles. The Morgan fingerprint density at radius 1 is 1.20 bits per heavy atom. The van der Waals surface area contributed by atoms with E-state index in [0.29, 0.717) is 0 Å². The Bertz CT molecular complexity index is 513. The molecule has 2 unspecified atom stereocenters. The van der Waals surface area contributed by atoms with Crippen LogP contribution in [0, 0.1) is 17.6 Å². The number of rotatable bonds is 2. The lowest BCUT2D eigenvalue weighted by molar-refractivity contribution is -0.132. The summed E-state index contributed by atoms with van der Waals surface area (Å²) in [6.07, 6.45) is 1.71. The Morgan fingerprint density at radius 2 is 2.05 bits per heavy atom. The first-order valence-electron chi connectivity index (χ1n) is 7.11. The fraction of sp³-hybridized carbons (Fsp3) is 0.533. The van der Waals surface area contributed by atoms with E-state index in [1.54, 1.807) is 6.07 Å². The third kappa shape index (κ3) is 2.68. The Kier molecular flexibility index (Phi) is 3.70. The lowest BCUT2D eigenvalue weighted by Crippen LogP contribution is -2.35. The van der Waals surface area contributed by atoms with Crippen LogP contribution in [0.3, 0.4) is 0 Å². The molecule has 1 aromatic carbocycles. The van der Waals surface area contributed by atoms with Gasteiger partial charge in [-0.05, 0) is 43.0 Å². The fourth-order valence-electron chi connectivity index (χ4n) is 2.88. The predicted molar refractivity (Wildman–Crippen MR) is 71.3 cm³/mol. The molecule has 1 aliphatic heterocycles. The minimum atomic E-state index is -0.837. The van der Waals surface area contributed by atoms with Gasteiger partial charge in [0.2, 0.25) is 5.91 Å². The van der Waals surface area contributed by atoms with Crippen LogP contribution < -0.4 is 5.32 Å². The molecule has 1 N–H and O–H groups in total. The zero-order chi connectivity index (χ0) is 14.1. The number of halogens is 2. The summed E-state index contributed by atoms with van der Waals surface area (Å²) in [6, 6.07) is 3.94. The molecule has 108 valence electrons. The topological polar surface area (TPSA) is 32.3 Å². The summed E-state index contributed by atoms with van der Waals surface area (Å²) >= 11 is 0. The van der Waals surface area contributed by atoms with Gasteiger partial charge in [-0.15, -0.1) is 0 Å². The van der Waals surface area contributed by atoms with Crippen LogP contribution in [0.5, 0.6) is 0 Å². The van der Waals surface area contributed by atoms with E-state index in [9.17, 15) is 13.6 Å². The van der Waals surface area contributed by atoms with Crippen molar-refractivity contribution in [3.63, 3.8) is 0 Å². The van der Waals surface area contributed by atoms with Crippen molar-refractivity contribution in [2.24, 2.45) is 5.92 Å². The van der Waals surface area contributed by atoms with Gasteiger partial charge in [0.15, 0.2) is 11.6 Å². The zero-order valence-corrected chi connectivity index (χ0v) is 11.2. The molecule has 20 heavy (non-hydrogen) atoms. The third-order valence-corrected chi connectivity index (χ3v) is 4.13. The first kappa shape index (κ1) is 13.5. The number of hydrogen-bond donors (Lipinski definition) is 1. The summed E-state index contributed by atoms with van der Waals surface area (Å²) in [5.74, 6) is -1.52. The summed E-state index contributed by atoms with van der Waals surface area (Å²) in [4.78, 5) is 14.3. The number of amides is 1. The number of nitrogens with zero attached hydrogens (tertiary/aromatic N) is 1. The number of hydrogen-bond acceptors (Lipinski definition) is 2. The molecule has 1 heterocycles. The summed E-state index contributed by atoms with van der Waals surface area (Å²) in [5.41, 5.74) is 0.732. The monoisotopic (exact) mass is 280 g/mol. The molecule has 0 bridgehead atoms. The van der Waals surface area contributed by atoms with Crippen molar-refractivity contribution in [2.45, 2.75) is 18.8 Å². The quantitative estimate of drug-likeness (QED) is 0.897. The highest BCUT2D eigenvalue weighted by atomic mass is 19.2. The molecule has 2 atom stereocenters. The molecule has 1 aliphatic carbocycles. The van der Waals surface area contributed by atoms with Crippen molar-refractivity contribution in [3.05, 3.63) is 35.4 Å². The third-order valence-electron chi connectivity index (χ3n) is 4.13. The zero-order valence-electron chi connectivity index (χ0n) is 11.2. The van der Waals surface area contributed by atoms with E-state index in [1.165, 1.54) is 6.07 Å². The first-order chi connectivity index (χ1) is 9.66. The molecule has 1 saturated heterocycles. The smallest absolute Gasteiger partial charge is 0.226 e. The van der Waals surface area contributed by atoms with Crippen molar-refractivity contribution < 1.29 is 13.6 Å². The van der Waals surface area contributed by atoms with Crippen LogP contribution in [-0.2, 0) is 4.79 Å². The Hall–Kier alpha value is -1.49. The van der Waals surface area contributed by atoms with Crippen LogP contribution in [0.4, 0.5) is 8.78 Å². The van der Waals surface area contributed by atoms with Crippen molar-refractivity contribution >= 4 is 5.91 Å². The van der Waals surface area contributed by atoms with Gasteiger partial charge >= 0.3 is 0 Å². The summed E-state index contributed by atoms with van der Waals surface area (Å²) in [5, 5.41) is 3.26. The molecule has 3 nitrogen and oxygen atoms in total. The molecule has 0 radical (unpaired) electrons. The van der Waals surface area contributed by atoms with Crippen LogP contribution in [0.15, 0.2) is 18.2 Å². The van der Waals surface area contributed by atoms with E-state index in [1.807, 2.05) is 4.90 Å². The first-order valence-corrected chi connectivity index (χ1v) is 7.11. The average molecular weight is 280 g/mol. The largest absolute Gasteiger partial charge is 0.341 e. The van der Waals surface area contributed by atoms with Crippen molar-refractivity contribution in [1.82, 2.24) is 10.2 Å². The highest BCUT2D eigenvalue weighted by Gasteiger charge is 2.45. The Balaban J connectivity index is 1.65. The van der Waals surface area contributed by atoms with Gasteiger partial charge in [0, 0.05) is 25.6 Å². The van der Waals surface area contributed by atoms with Gasteiger partial charge in [-0.3, -0.25) is 4.79 Å². The van der Waals surface area contributed by atoms with E-state index in [4.69, 9.17) is 0 Å². The maximum atomic E-state index is 13.2. The SMILES string of the molecule is O=C(C1CC1c1ccc(F)c(F)c1)N1CCCNCC1. The van der Waals surface area contributed by atoms with Gasteiger partial charge in [0.25, 0.3) is 0 Å². The van der Waals surface area contributed by atoms with Crippen molar-refractivity contribution in [1.29, 1.82) is 0 Å². The normalized spacial score (nSPS) is 26.2. The highest BCUT2D eigenvalue weighted by molar-refractivity contribution is 5.83. The second kappa shape index (κ2) is 5.48. The maximum Gasteiger partial charge on any atom is 0.226 e. The van der Waals surface area contributed by atoms with Gasteiger partial charge in [-0.2, -0.15) is 0 Å². The number of carbonyl (C=O) groups is 1. The van der Waals surface area contributed by atoms with Crippen LogP contribution in [0.25, 0.3) is 0 Å². The molecule has 5 heteroatoms. The van der Waals surface area contributed by atoms with E-state index in [0.717, 1.165) is 50.7 Å². The summed E-state index contributed by atoms with van der Waals surface area (Å²) in [7, 11) is 0. The second-order valence-corrected chi connectivity index (χ2v) is 5.55. The van der Waals surface area contributed by atoms with Crippen molar-refractivity contribution in [2.75, 3.05) is 26.2 Å². The summed E-state index contributed by atoms with van der Waals surface area (Å²) < 4.78 is 26.1. The molecule has 2 aliphatic rings. The average Bonchev–Trinajstić information content (AvgIpc) is 3.24. The van der Waals surface area contributed by atoms with Crippen LogP contribution in [-0.4, -0.2) is 37.0 Å². The number of benzene rings is 1. The van der Waals surface area contributed by atoms with Crippen LogP contribution >= 0.6 is 0 Å². The van der Waals surface area contributed by atoms with E-state index < -0.39 is 11.6 Å². The standard InChI is InChI=1S/C15H18F2N2O/c16-13-3-2-10(8-14(13)17)11-9-12(11)15(20)19-6-1-4-18-5-7-19/h2-3,8,11-12,18H,1,4-7,9H2. The maximum absolute atomic E-state index is 13.2. The fourth-order valence-corrected chi connectivity index (χ4v) is 2.88. The molecular formula is C15H18F2N2O. The lowest BCUT2D eigenvalue weighted by atomic mass is 10.1. The molecule has 0 spiro atoms. The van der Waals surface area contributed by atoms with Gasteiger partial charge in [0.1, 0.15) is 0 Å². The minimum absolute atomic E-state index is 0.0498.